The predicted octanol–water partition coefficient (Wildman–Crippen LogP) is 1.73. The zero-order valence-corrected chi connectivity index (χ0v) is 19.0. The third kappa shape index (κ3) is 5.47. The Bertz CT molecular complexity index is 764. The quantitative estimate of drug-likeness (QED) is 0.348. The Morgan fingerprint density at radius 3 is 2.81 bits per heavy atom. The van der Waals surface area contributed by atoms with Crippen molar-refractivity contribution in [1.29, 1.82) is 0 Å². The molecule has 2 heterocycles. The second-order valence-electron chi connectivity index (χ2n) is 7.02. The highest BCUT2D eigenvalue weighted by atomic mass is 127. The van der Waals surface area contributed by atoms with Crippen molar-refractivity contribution in [2.45, 2.75) is 31.8 Å². The SMILES string of the molecule is CN=C(NCCS(=O)(=O)N1CCc2ccccc21)NCC1(C)CCCO1.I. The van der Waals surface area contributed by atoms with Gasteiger partial charge in [-0.05, 0) is 37.8 Å². The summed E-state index contributed by atoms with van der Waals surface area (Å²) in [4.78, 5) is 4.16. The van der Waals surface area contributed by atoms with Crippen molar-refractivity contribution in [3.05, 3.63) is 29.8 Å². The lowest BCUT2D eigenvalue weighted by Crippen LogP contribution is -2.47. The molecular weight excluding hydrogens is 479 g/mol. The molecule has 1 aromatic rings. The minimum Gasteiger partial charge on any atom is -0.373 e. The molecule has 27 heavy (non-hydrogen) atoms. The molecule has 0 aliphatic carbocycles. The largest absolute Gasteiger partial charge is 0.373 e. The molecule has 0 bridgehead atoms. The van der Waals surface area contributed by atoms with E-state index in [1.54, 1.807) is 7.05 Å². The highest BCUT2D eigenvalue weighted by Gasteiger charge is 2.30. The first-order chi connectivity index (χ1) is 12.4. The Kier molecular flexibility index (Phi) is 7.75. The maximum atomic E-state index is 12.7. The first-order valence-corrected chi connectivity index (χ1v) is 10.7. The average molecular weight is 508 g/mol. The molecule has 1 atom stereocenters. The number of fused-ring (bicyclic) bond motifs is 1. The molecule has 3 rings (SSSR count). The number of rotatable bonds is 6. The van der Waals surface area contributed by atoms with Gasteiger partial charge in [-0.1, -0.05) is 18.2 Å². The number of guanidine groups is 1. The van der Waals surface area contributed by atoms with Gasteiger partial charge in [0.1, 0.15) is 0 Å². The summed E-state index contributed by atoms with van der Waals surface area (Å²) in [5, 5.41) is 6.32. The molecule has 152 valence electrons. The van der Waals surface area contributed by atoms with Gasteiger partial charge in [-0.2, -0.15) is 0 Å². The molecule has 1 fully saturated rings. The van der Waals surface area contributed by atoms with E-state index in [2.05, 4.69) is 22.5 Å². The van der Waals surface area contributed by atoms with Crippen LogP contribution in [0.3, 0.4) is 0 Å². The Morgan fingerprint density at radius 2 is 2.11 bits per heavy atom. The van der Waals surface area contributed by atoms with Gasteiger partial charge in [0.2, 0.25) is 10.0 Å². The maximum absolute atomic E-state index is 12.7. The molecule has 0 radical (unpaired) electrons. The maximum Gasteiger partial charge on any atom is 0.236 e. The van der Waals surface area contributed by atoms with Gasteiger partial charge in [0, 0.05) is 33.3 Å². The third-order valence-electron chi connectivity index (χ3n) is 4.99. The highest BCUT2D eigenvalue weighted by Crippen LogP contribution is 2.29. The zero-order chi connectivity index (χ0) is 18.6. The Balaban J connectivity index is 0.00000261. The van der Waals surface area contributed by atoms with Crippen molar-refractivity contribution in [2.75, 3.05) is 43.3 Å². The van der Waals surface area contributed by atoms with Gasteiger partial charge >= 0.3 is 0 Å². The van der Waals surface area contributed by atoms with Gasteiger partial charge in [-0.3, -0.25) is 9.30 Å². The number of sulfonamides is 1. The molecule has 0 aromatic heterocycles. The molecular formula is C18H29IN4O3S. The molecule has 7 nitrogen and oxygen atoms in total. The standard InChI is InChI=1S/C18H28N4O3S.HI/c1-18(9-5-12-25-18)14-21-17(19-2)20-10-13-26(23,24)22-11-8-15-6-3-4-7-16(15)22;/h3-4,6-7H,5,8-14H2,1-2H3,(H2,19,20,21);1H. The molecule has 1 unspecified atom stereocenters. The van der Waals surface area contributed by atoms with Crippen molar-refractivity contribution in [1.82, 2.24) is 10.6 Å². The van der Waals surface area contributed by atoms with Gasteiger partial charge in [0.05, 0.1) is 17.0 Å². The molecule has 1 aromatic carbocycles. The van der Waals surface area contributed by atoms with Crippen molar-refractivity contribution in [3.63, 3.8) is 0 Å². The summed E-state index contributed by atoms with van der Waals surface area (Å²) in [6, 6.07) is 7.68. The number of nitrogens with zero attached hydrogens (tertiary/aromatic N) is 2. The first kappa shape index (κ1) is 22.2. The summed E-state index contributed by atoms with van der Waals surface area (Å²) in [6.45, 7) is 4.34. The third-order valence-corrected chi connectivity index (χ3v) is 6.76. The second-order valence-corrected chi connectivity index (χ2v) is 9.03. The second kappa shape index (κ2) is 9.42. The van der Waals surface area contributed by atoms with Gasteiger partial charge in [-0.15, -0.1) is 24.0 Å². The minimum atomic E-state index is -3.36. The summed E-state index contributed by atoms with van der Waals surface area (Å²) < 4.78 is 32.6. The number of benzene rings is 1. The van der Waals surface area contributed by atoms with Crippen LogP contribution >= 0.6 is 24.0 Å². The monoisotopic (exact) mass is 508 g/mol. The van der Waals surface area contributed by atoms with Gasteiger partial charge in [0.25, 0.3) is 0 Å². The molecule has 2 N–H and O–H groups in total. The number of halogens is 1. The Hall–Kier alpha value is -1.07. The van der Waals surface area contributed by atoms with Crippen molar-refractivity contribution in [2.24, 2.45) is 4.99 Å². The van der Waals surface area contributed by atoms with Crippen LogP contribution in [0.2, 0.25) is 0 Å². The van der Waals surface area contributed by atoms with Crippen LogP contribution in [0.1, 0.15) is 25.3 Å². The smallest absolute Gasteiger partial charge is 0.236 e. The minimum absolute atomic E-state index is 0. The van der Waals surface area contributed by atoms with Crippen LogP contribution in [0.25, 0.3) is 0 Å². The summed E-state index contributed by atoms with van der Waals surface area (Å²) in [7, 11) is -1.68. The van der Waals surface area contributed by atoms with Crippen LogP contribution in [-0.4, -0.2) is 59.0 Å². The van der Waals surface area contributed by atoms with E-state index in [-0.39, 0.29) is 35.3 Å². The van der Waals surface area contributed by atoms with E-state index in [1.807, 2.05) is 24.3 Å². The Labute approximate surface area is 179 Å². The lowest BCUT2D eigenvalue weighted by atomic mass is 10.0. The fourth-order valence-corrected chi connectivity index (χ4v) is 4.90. The molecule has 2 aliphatic heterocycles. The fourth-order valence-electron chi connectivity index (χ4n) is 3.47. The predicted molar refractivity (Wildman–Crippen MR) is 120 cm³/mol. The summed E-state index contributed by atoms with van der Waals surface area (Å²) in [6.07, 6.45) is 2.85. The van der Waals surface area contributed by atoms with E-state index in [0.717, 1.165) is 37.1 Å². The van der Waals surface area contributed by atoms with Crippen molar-refractivity contribution >= 4 is 45.6 Å². The van der Waals surface area contributed by atoms with E-state index in [4.69, 9.17) is 4.74 Å². The number of para-hydroxylation sites is 1. The highest BCUT2D eigenvalue weighted by molar-refractivity contribution is 14.0. The fraction of sp³-hybridized carbons (Fsp3) is 0.611. The van der Waals surface area contributed by atoms with E-state index in [1.165, 1.54) is 4.31 Å². The Morgan fingerprint density at radius 1 is 1.33 bits per heavy atom. The lowest BCUT2D eigenvalue weighted by molar-refractivity contribution is 0.0243. The molecule has 1 saturated heterocycles. The van der Waals surface area contributed by atoms with Crippen LogP contribution in [0.15, 0.2) is 29.3 Å². The summed E-state index contributed by atoms with van der Waals surface area (Å²) in [5.41, 5.74) is 1.72. The van der Waals surface area contributed by atoms with Crippen molar-refractivity contribution < 1.29 is 13.2 Å². The van der Waals surface area contributed by atoms with Crippen LogP contribution in [-0.2, 0) is 21.2 Å². The first-order valence-electron chi connectivity index (χ1n) is 9.10. The molecule has 2 aliphatic rings. The van der Waals surface area contributed by atoms with Gasteiger partial charge < -0.3 is 15.4 Å². The number of anilines is 1. The number of hydrogen-bond donors (Lipinski definition) is 2. The van der Waals surface area contributed by atoms with E-state index < -0.39 is 10.0 Å². The van der Waals surface area contributed by atoms with Crippen LogP contribution in [0.4, 0.5) is 5.69 Å². The number of nitrogens with one attached hydrogen (secondary N) is 2. The van der Waals surface area contributed by atoms with Gasteiger partial charge in [0.15, 0.2) is 5.96 Å². The number of hydrogen-bond acceptors (Lipinski definition) is 4. The van der Waals surface area contributed by atoms with Crippen LogP contribution in [0, 0.1) is 0 Å². The van der Waals surface area contributed by atoms with E-state index >= 15 is 0 Å². The zero-order valence-electron chi connectivity index (χ0n) is 15.9. The topological polar surface area (TPSA) is 83.0 Å². The van der Waals surface area contributed by atoms with Crippen LogP contribution in [0.5, 0.6) is 0 Å². The average Bonchev–Trinajstić information content (AvgIpc) is 3.25. The molecule has 9 heteroatoms. The number of aliphatic imine (C=N–C) groups is 1. The lowest BCUT2D eigenvalue weighted by Gasteiger charge is -2.25. The molecule has 0 amide bonds. The normalized spacial score (nSPS) is 22.3. The molecule has 0 saturated carbocycles. The summed E-state index contributed by atoms with van der Waals surface area (Å²) >= 11 is 0. The summed E-state index contributed by atoms with van der Waals surface area (Å²) in [5.74, 6) is 0.620. The van der Waals surface area contributed by atoms with Crippen LogP contribution < -0.4 is 14.9 Å². The van der Waals surface area contributed by atoms with Gasteiger partial charge in [-0.25, -0.2) is 8.42 Å². The van der Waals surface area contributed by atoms with E-state index in [0.29, 0.717) is 25.6 Å². The number of ether oxygens (including phenoxy) is 1. The van der Waals surface area contributed by atoms with Crippen molar-refractivity contribution in [3.8, 4) is 0 Å². The van der Waals surface area contributed by atoms with E-state index in [9.17, 15) is 8.42 Å². The molecule has 0 spiro atoms.